The van der Waals surface area contributed by atoms with Gasteiger partial charge in [-0.15, -0.1) is 0 Å². The maximum atomic E-state index is 13.1. The fourth-order valence-corrected chi connectivity index (χ4v) is 3.97. The van der Waals surface area contributed by atoms with Crippen molar-refractivity contribution in [1.82, 2.24) is 4.90 Å². The Morgan fingerprint density at radius 2 is 1.84 bits per heavy atom. The van der Waals surface area contributed by atoms with E-state index in [0.29, 0.717) is 30.3 Å². The lowest BCUT2D eigenvalue weighted by molar-refractivity contribution is -0.121. The van der Waals surface area contributed by atoms with Gasteiger partial charge >= 0.3 is 5.97 Å². The number of methoxy groups -OCH3 is 3. The second kappa shape index (κ2) is 10.5. The number of nitrogens with zero attached hydrogens (tertiary/aromatic N) is 1. The van der Waals surface area contributed by atoms with E-state index >= 15 is 0 Å². The molecule has 1 unspecified atom stereocenters. The third-order valence-corrected chi connectivity index (χ3v) is 5.78. The number of amides is 1. The van der Waals surface area contributed by atoms with Crippen molar-refractivity contribution >= 4 is 29.2 Å². The lowest BCUT2D eigenvalue weighted by Gasteiger charge is -2.32. The van der Waals surface area contributed by atoms with Crippen LogP contribution in [0.2, 0.25) is 5.02 Å². The maximum Gasteiger partial charge on any atom is 0.340 e. The SMILES string of the molecule is COC(=O)c1cc(OC)c(OC)cc1NC(=O)C1CCCN(Cc2ccccc2Cl)C1. The fourth-order valence-electron chi connectivity index (χ4n) is 3.78. The number of piperidine rings is 1. The Morgan fingerprint density at radius 3 is 2.52 bits per heavy atom. The van der Waals surface area contributed by atoms with Crippen molar-refractivity contribution in [2.24, 2.45) is 5.92 Å². The van der Waals surface area contributed by atoms with E-state index in [1.807, 2.05) is 24.3 Å². The third-order valence-electron chi connectivity index (χ3n) is 5.41. The second-order valence-electron chi connectivity index (χ2n) is 7.40. The average Bonchev–Trinajstić information content (AvgIpc) is 2.79. The fraction of sp³-hybridized carbons (Fsp3) is 0.391. The van der Waals surface area contributed by atoms with Crippen LogP contribution in [0.25, 0.3) is 0 Å². The van der Waals surface area contributed by atoms with Crippen molar-refractivity contribution < 1.29 is 23.8 Å². The van der Waals surface area contributed by atoms with Crippen LogP contribution in [0.4, 0.5) is 5.69 Å². The number of benzene rings is 2. The van der Waals surface area contributed by atoms with Gasteiger partial charge in [0, 0.05) is 30.2 Å². The molecule has 0 aromatic heterocycles. The molecule has 1 aliphatic rings. The molecule has 31 heavy (non-hydrogen) atoms. The van der Waals surface area contributed by atoms with E-state index in [1.165, 1.54) is 27.4 Å². The van der Waals surface area contributed by atoms with Crippen LogP contribution in [-0.2, 0) is 16.1 Å². The van der Waals surface area contributed by atoms with Gasteiger partial charge in [0.25, 0.3) is 0 Å². The normalized spacial score (nSPS) is 16.5. The van der Waals surface area contributed by atoms with Crippen molar-refractivity contribution in [3.05, 3.63) is 52.5 Å². The predicted molar refractivity (Wildman–Crippen MR) is 119 cm³/mol. The summed E-state index contributed by atoms with van der Waals surface area (Å²) in [6.45, 7) is 2.20. The molecular weight excluding hydrogens is 420 g/mol. The number of ether oxygens (including phenoxy) is 3. The van der Waals surface area contributed by atoms with E-state index < -0.39 is 5.97 Å². The molecule has 2 aromatic carbocycles. The summed E-state index contributed by atoms with van der Waals surface area (Å²) in [6, 6.07) is 10.8. The van der Waals surface area contributed by atoms with Crippen molar-refractivity contribution in [2.45, 2.75) is 19.4 Å². The molecule has 7 nitrogen and oxygen atoms in total. The van der Waals surface area contributed by atoms with Gasteiger partial charge in [0.1, 0.15) is 0 Å². The second-order valence-corrected chi connectivity index (χ2v) is 7.81. The standard InChI is InChI=1S/C23H27ClN2O5/c1-29-20-11-17(23(28)31-3)19(12-21(20)30-2)25-22(27)16-8-6-10-26(14-16)13-15-7-4-5-9-18(15)24/h4-5,7,9,11-12,16H,6,8,10,13-14H2,1-3H3,(H,25,27). The number of halogens is 1. The molecule has 1 heterocycles. The molecule has 1 fully saturated rings. The molecule has 3 rings (SSSR count). The molecule has 0 spiro atoms. The highest BCUT2D eigenvalue weighted by Gasteiger charge is 2.28. The molecule has 1 saturated heterocycles. The molecule has 8 heteroatoms. The maximum absolute atomic E-state index is 13.1. The zero-order chi connectivity index (χ0) is 22.4. The third kappa shape index (κ3) is 5.48. The molecule has 0 bridgehead atoms. The van der Waals surface area contributed by atoms with Crippen LogP contribution in [0.3, 0.4) is 0 Å². The van der Waals surface area contributed by atoms with Gasteiger partial charge in [0.05, 0.1) is 38.5 Å². The number of hydrogen-bond donors (Lipinski definition) is 1. The molecule has 0 aliphatic carbocycles. The van der Waals surface area contributed by atoms with Crippen molar-refractivity contribution in [1.29, 1.82) is 0 Å². The van der Waals surface area contributed by atoms with Gasteiger partial charge in [-0.05, 0) is 31.0 Å². The monoisotopic (exact) mass is 446 g/mol. The summed E-state index contributed by atoms with van der Waals surface area (Å²) in [7, 11) is 4.26. The first-order valence-corrected chi connectivity index (χ1v) is 10.5. The van der Waals surface area contributed by atoms with Crippen molar-refractivity contribution in [3.63, 3.8) is 0 Å². The van der Waals surface area contributed by atoms with E-state index in [2.05, 4.69) is 10.2 Å². The van der Waals surface area contributed by atoms with Gasteiger partial charge in [-0.1, -0.05) is 29.8 Å². The lowest BCUT2D eigenvalue weighted by atomic mass is 9.96. The van der Waals surface area contributed by atoms with Gasteiger partial charge in [0.15, 0.2) is 11.5 Å². The summed E-state index contributed by atoms with van der Waals surface area (Å²) in [5.74, 6) is -0.143. The minimum absolute atomic E-state index is 0.152. The number of likely N-dealkylation sites (tertiary alicyclic amines) is 1. The summed E-state index contributed by atoms with van der Waals surface area (Å²) in [5, 5.41) is 3.61. The van der Waals surface area contributed by atoms with Crippen LogP contribution >= 0.6 is 11.6 Å². The quantitative estimate of drug-likeness (QED) is 0.648. The highest BCUT2D eigenvalue weighted by atomic mass is 35.5. The van der Waals surface area contributed by atoms with E-state index in [1.54, 1.807) is 6.07 Å². The van der Waals surface area contributed by atoms with Crippen molar-refractivity contribution in [3.8, 4) is 11.5 Å². The average molecular weight is 447 g/mol. The van der Waals surface area contributed by atoms with Gasteiger partial charge in [-0.25, -0.2) is 4.79 Å². The first-order valence-electron chi connectivity index (χ1n) is 10.1. The highest BCUT2D eigenvalue weighted by Crippen LogP contribution is 2.34. The molecule has 1 aliphatic heterocycles. The molecule has 2 aromatic rings. The first kappa shape index (κ1) is 22.9. The van der Waals surface area contributed by atoms with Gasteiger partial charge < -0.3 is 19.5 Å². The first-order chi connectivity index (χ1) is 15.0. The Hall–Kier alpha value is -2.77. The Bertz CT molecular complexity index is 950. The van der Waals surface area contributed by atoms with Crippen LogP contribution < -0.4 is 14.8 Å². The summed E-state index contributed by atoms with van der Waals surface area (Å²) in [6.07, 6.45) is 1.67. The smallest absolute Gasteiger partial charge is 0.340 e. The van der Waals surface area contributed by atoms with Gasteiger partial charge in [0.2, 0.25) is 5.91 Å². The molecule has 1 N–H and O–H groups in total. The van der Waals surface area contributed by atoms with Crippen LogP contribution in [0, 0.1) is 5.92 Å². The predicted octanol–water partition coefficient (Wildman–Crippen LogP) is 3.99. The van der Waals surface area contributed by atoms with Crippen molar-refractivity contribution in [2.75, 3.05) is 39.7 Å². The number of anilines is 1. The Kier molecular flexibility index (Phi) is 7.76. The van der Waals surface area contributed by atoms with E-state index in [0.717, 1.165) is 30.0 Å². The minimum Gasteiger partial charge on any atom is -0.493 e. The number of esters is 1. The van der Waals surface area contributed by atoms with Crippen LogP contribution in [0.15, 0.2) is 36.4 Å². The molecule has 0 saturated carbocycles. The number of nitrogens with one attached hydrogen (secondary N) is 1. The van der Waals surface area contributed by atoms with E-state index in [4.69, 9.17) is 25.8 Å². The Morgan fingerprint density at radius 1 is 1.13 bits per heavy atom. The van der Waals surface area contributed by atoms with Crippen LogP contribution in [-0.4, -0.2) is 51.2 Å². The molecule has 0 radical (unpaired) electrons. The molecule has 1 atom stereocenters. The number of carbonyl (C=O) groups is 2. The highest BCUT2D eigenvalue weighted by molar-refractivity contribution is 6.31. The summed E-state index contributed by atoms with van der Waals surface area (Å²) in [5.41, 5.74) is 1.58. The lowest BCUT2D eigenvalue weighted by Crippen LogP contribution is -2.40. The summed E-state index contributed by atoms with van der Waals surface area (Å²) >= 11 is 6.29. The zero-order valence-electron chi connectivity index (χ0n) is 17.9. The minimum atomic E-state index is -0.569. The Labute approximate surface area is 187 Å². The topological polar surface area (TPSA) is 77.1 Å². The van der Waals surface area contributed by atoms with Crippen LogP contribution in [0.5, 0.6) is 11.5 Å². The summed E-state index contributed by atoms with van der Waals surface area (Å²) < 4.78 is 15.4. The van der Waals surface area contributed by atoms with Gasteiger partial charge in [-0.3, -0.25) is 9.69 Å². The van der Waals surface area contributed by atoms with Gasteiger partial charge in [-0.2, -0.15) is 0 Å². The molecule has 166 valence electrons. The number of rotatable bonds is 7. The number of carbonyl (C=O) groups excluding carboxylic acids is 2. The van der Waals surface area contributed by atoms with E-state index in [-0.39, 0.29) is 17.4 Å². The van der Waals surface area contributed by atoms with Crippen LogP contribution in [0.1, 0.15) is 28.8 Å². The van der Waals surface area contributed by atoms with E-state index in [9.17, 15) is 9.59 Å². The molecular formula is C23H27ClN2O5. The zero-order valence-corrected chi connectivity index (χ0v) is 18.7. The summed E-state index contributed by atoms with van der Waals surface area (Å²) in [4.78, 5) is 27.5. The molecule has 1 amide bonds. The Balaban J connectivity index is 1.75. The number of hydrogen-bond acceptors (Lipinski definition) is 6. The largest absolute Gasteiger partial charge is 0.493 e.